The van der Waals surface area contributed by atoms with Crippen molar-refractivity contribution in [3.05, 3.63) is 63.6 Å². The minimum atomic E-state index is -0.998. The molecule has 1 aliphatic heterocycles. The first-order chi connectivity index (χ1) is 11.0. The topological polar surface area (TPSA) is 98.6 Å². The molecule has 0 atom stereocenters. The molecule has 23 heavy (non-hydrogen) atoms. The number of hydrogen-bond donors (Lipinski definition) is 0. The summed E-state index contributed by atoms with van der Waals surface area (Å²) in [6, 6.07) is 8.49. The standard InChI is InChI=1S/C15H11N3O5/c1-2-17-12(19)8-7-11(16-17)15(22)23-18-13(20)9-5-3-4-6-10(9)14(18)21/h3-8H,2H2,1H3. The number of amides is 2. The number of carbonyl (C=O) groups is 3. The fraction of sp³-hybridized carbons (Fsp3) is 0.133. The molecule has 0 N–H and O–H groups in total. The molecular formula is C15H11N3O5. The van der Waals surface area contributed by atoms with Crippen LogP contribution >= 0.6 is 0 Å². The van der Waals surface area contributed by atoms with E-state index in [-0.39, 0.29) is 28.9 Å². The average Bonchev–Trinajstić information content (AvgIpc) is 2.80. The first-order valence-electron chi connectivity index (χ1n) is 6.81. The third kappa shape index (κ3) is 2.39. The fourth-order valence-corrected chi connectivity index (χ4v) is 2.16. The number of rotatable bonds is 3. The van der Waals surface area contributed by atoms with Crippen LogP contribution < -0.4 is 5.56 Å². The molecule has 2 amide bonds. The molecule has 3 rings (SSSR count). The summed E-state index contributed by atoms with van der Waals surface area (Å²) in [6.45, 7) is 1.96. The van der Waals surface area contributed by atoms with Gasteiger partial charge in [-0.3, -0.25) is 14.4 Å². The Balaban J connectivity index is 1.86. The molecule has 0 saturated carbocycles. The van der Waals surface area contributed by atoms with Crippen molar-refractivity contribution in [3.8, 4) is 0 Å². The van der Waals surface area contributed by atoms with Gasteiger partial charge in [0.2, 0.25) is 0 Å². The summed E-state index contributed by atoms with van der Waals surface area (Å²) in [7, 11) is 0. The molecule has 0 aliphatic carbocycles. The smallest absolute Gasteiger partial charge is 0.322 e. The van der Waals surface area contributed by atoms with Gasteiger partial charge >= 0.3 is 5.97 Å². The van der Waals surface area contributed by atoms with Gasteiger partial charge in [-0.1, -0.05) is 17.2 Å². The van der Waals surface area contributed by atoms with Gasteiger partial charge in [0.1, 0.15) is 0 Å². The SMILES string of the molecule is CCn1nc(C(=O)ON2C(=O)c3ccccc3C2=O)ccc1=O. The van der Waals surface area contributed by atoms with Crippen molar-refractivity contribution in [2.45, 2.75) is 13.5 Å². The molecule has 0 unspecified atom stereocenters. The third-order valence-electron chi connectivity index (χ3n) is 3.31. The zero-order valence-corrected chi connectivity index (χ0v) is 12.1. The molecule has 0 radical (unpaired) electrons. The first kappa shape index (κ1) is 14.6. The highest BCUT2D eigenvalue weighted by molar-refractivity contribution is 6.21. The van der Waals surface area contributed by atoms with Gasteiger partial charge in [0.25, 0.3) is 17.4 Å². The van der Waals surface area contributed by atoms with E-state index in [1.54, 1.807) is 19.1 Å². The Morgan fingerprint density at radius 1 is 1.04 bits per heavy atom. The number of hydrogen-bond acceptors (Lipinski definition) is 6. The summed E-state index contributed by atoms with van der Waals surface area (Å²) in [5.41, 5.74) is -0.221. The number of fused-ring (bicyclic) bond motifs is 1. The maximum atomic E-state index is 12.1. The number of benzene rings is 1. The van der Waals surface area contributed by atoms with Gasteiger partial charge in [0.05, 0.1) is 11.1 Å². The number of hydroxylamine groups is 2. The van der Waals surface area contributed by atoms with E-state index in [4.69, 9.17) is 4.84 Å². The summed E-state index contributed by atoms with van der Waals surface area (Å²) in [4.78, 5) is 52.6. The number of carbonyl (C=O) groups excluding carboxylic acids is 3. The van der Waals surface area contributed by atoms with Crippen molar-refractivity contribution in [1.29, 1.82) is 0 Å². The molecule has 1 aromatic heterocycles. The molecule has 0 spiro atoms. The van der Waals surface area contributed by atoms with Gasteiger partial charge in [0.15, 0.2) is 5.69 Å². The van der Waals surface area contributed by atoms with Crippen LogP contribution in [0.2, 0.25) is 0 Å². The summed E-state index contributed by atoms with van der Waals surface area (Å²) >= 11 is 0. The fourth-order valence-electron chi connectivity index (χ4n) is 2.16. The van der Waals surface area contributed by atoms with Gasteiger partial charge in [0, 0.05) is 12.6 Å². The van der Waals surface area contributed by atoms with Crippen molar-refractivity contribution in [1.82, 2.24) is 14.8 Å². The number of aromatic nitrogens is 2. The third-order valence-corrected chi connectivity index (χ3v) is 3.31. The second-order valence-corrected chi connectivity index (χ2v) is 4.70. The highest BCUT2D eigenvalue weighted by Crippen LogP contribution is 2.23. The van der Waals surface area contributed by atoms with Gasteiger partial charge in [-0.2, -0.15) is 5.10 Å². The average molecular weight is 313 g/mol. The Morgan fingerprint density at radius 2 is 1.65 bits per heavy atom. The van der Waals surface area contributed by atoms with E-state index in [1.165, 1.54) is 18.2 Å². The van der Waals surface area contributed by atoms with E-state index < -0.39 is 17.8 Å². The van der Waals surface area contributed by atoms with Crippen LogP contribution in [0.25, 0.3) is 0 Å². The van der Waals surface area contributed by atoms with Crippen LogP contribution in [0.15, 0.2) is 41.2 Å². The lowest BCUT2D eigenvalue weighted by Gasteiger charge is -2.12. The first-order valence-corrected chi connectivity index (χ1v) is 6.81. The molecule has 0 saturated heterocycles. The van der Waals surface area contributed by atoms with Gasteiger partial charge < -0.3 is 4.84 Å². The van der Waals surface area contributed by atoms with E-state index >= 15 is 0 Å². The monoisotopic (exact) mass is 313 g/mol. The molecule has 2 aromatic rings. The number of imide groups is 1. The van der Waals surface area contributed by atoms with Crippen LogP contribution in [0.3, 0.4) is 0 Å². The maximum Gasteiger partial charge on any atom is 0.383 e. The minimum absolute atomic E-state index is 0.164. The zero-order valence-electron chi connectivity index (χ0n) is 12.1. The second kappa shape index (κ2) is 5.48. The van der Waals surface area contributed by atoms with Crippen LogP contribution in [0.5, 0.6) is 0 Å². The molecule has 116 valence electrons. The van der Waals surface area contributed by atoms with E-state index in [9.17, 15) is 19.2 Å². The van der Waals surface area contributed by atoms with Crippen LogP contribution in [0, 0.1) is 0 Å². The number of aryl methyl sites for hydroxylation is 1. The highest BCUT2D eigenvalue weighted by Gasteiger charge is 2.39. The van der Waals surface area contributed by atoms with Crippen LogP contribution in [0.1, 0.15) is 38.1 Å². The lowest BCUT2D eigenvalue weighted by molar-refractivity contribution is -0.0590. The van der Waals surface area contributed by atoms with Gasteiger partial charge in [-0.15, -0.1) is 0 Å². The quantitative estimate of drug-likeness (QED) is 0.771. The van der Waals surface area contributed by atoms with E-state index in [0.29, 0.717) is 5.06 Å². The lowest BCUT2D eigenvalue weighted by atomic mass is 10.1. The molecule has 0 bridgehead atoms. The minimum Gasteiger partial charge on any atom is -0.322 e. The largest absolute Gasteiger partial charge is 0.383 e. The van der Waals surface area contributed by atoms with Crippen molar-refractivity contribution in [2.75, 3.05) is 0 Å². The highest BCUT2D eigenvalue weighted by atomic mass is 16.7. The van der Waals surface area contributed by atoms with E-state index in [1.807, 2.05) is 0 Å². The summed E-state index contributed by atoms with van der Waals surface area (Å²) < 4.78 is 1.07. The second-order valence-electron chi connectivity index (χ2n) is 4.70. The van der Waals surface area contributed by atoms with Crippen molar-refractivity contribution in [3.63, 3.8) is 0 Å². The van der Waals surface area contributed by atoms with Crippen molar-refractivity contribution in [2.24, 2.45) is 0 Å². The van der Waals surface area contributed by atoms with E-state index in [2.05, 4.69) is 5.10 Å². The molecule has 1 aromatic carbocycles. The Hall–Kier alpha value is -3.29. The Kier molecular flexibility index (Phi) is 3.49. The molecule has 0 fully saturated rings. The number of nitrogens with zero attached hydrogens (tertiary/aromatic N) is 3. The van der Waals surface area contributed by atoms with Crippen LogP contribution in [-0.4, -0.2) is 32.6 Å². The summed E-state index contributed by atoms with van der Waals surface area (Å²) in [5, 5.41) is 4.21. The predicted molar refractivity (Wildman–Crippen MR) is 76.5 cm³/mol. The van der Waals surface area contributed by atoms with Gasteiger partial charge in [-0.05, 0) is 25.1 Å². The molecule has 2 heterocycles. The van der Waals surface area contributed by atoms with E-state index in [0.717, 1.165) is 10.7 Å². The molecular weight excluding hydrogens is 302 g/mol. The van der Waals surface area contributed by atoms with Crippen molar-refractivity contribution >= 4 is 17.8 Å². The molecule has 1 aliphatic rings. The van der Waals surface area contributed by atoms with Crippen LogP contribution in [0.4, 0.5) is 0 Å². The Bertz CT molecular complexity index is 852. The lowest BCUT2D eigenvalue weighted by Crippen LogP contribution is -2.34. The predicted octanol–water partition coefficient (Wildman–Crippen LogP) is 0.631. The summed E-state index contributed by atoms with van der Waals surface area (Å²) in [5.74, 6) is -2.44. The normalized spacial score (nSPS) is 13.2. The van der Waals surface area contributed by atoms with Crippen molar-refractivity contribution < 1.29 is 19.2 Å². The molecule has 8 nitrogen and oxygen atoms in total. The molecule has 8 heteroatoms. The Morgan fingerprint density at radius 3 is 2.22 bits per heavy atom. The Labute approximate surface area is 129 Å². The van der Waals surface area contributed by atoms with Gasteiger partial charge in [-0.25, -0.2) is 9.48 Å². The summed E-state index contributed by atoms with van der Waals surface area (Å²) in [6.07, 6.45) is 0. The zero-order chi connectivity index (χ0) is 16.6. The maximum absolute atomic E-state index is 12.1. The van der Waals surface area contributed by atoms with Crippen LogP contribution in [-0.2, 0) is 11.4 Å².